The third-order valence-electron chi connectivity index (χ3n) is 4.76. The fourth-order valence-corrected chi connectivity index (χ4v) is 3.48. The van der Waals surface area contributed by atoms with Crippen LogP contribution < -0.4 is 16.0 Å². The van der Waals surface area contributed by atoms with Crippen molar-refractivity contribution in [2.45, 2.75) is 53.6 Å². The topological polar surface area (TPSA) is 57.2 Å². The number of ether oxygens (including phenoxy) is 1. The minimum atomic E-state index is -0.0427. The van der Waals surface area contributed by atoms with E-state index in [0.717, 1.165) is 40.4 Å². The number of hydrogen-bond donors (Lipinski definition) is 1. The van der Waals surface area contributed by atoms with Gasteiger partial charge in [0.2, 0.25) is 0 Å². The SMILES string of the molecule is CCCCOc1c(CN)n(CC(C)(C)C)c(=O)c2cc3ccccc3cc12. The Kier molecular flexibility index (Phi) is 5.56. The van der Waals surface area contributed by atoms with Crippen molar-refractivity contribution < 1.29 is 4.74 Å². The lowest BCUT2D eigenvalue weighted by Gasteiger charge is -2.25. The van der Waals surface area contributed by atoms with Crippen LogP contribution >= 0.6 is 0 Å². The molecule has 0 bridgehead atoms. The van der Waals surface area contributed by atoms with E-state index in [1.54, 1.807) is 0 Å². The van der Waals surface area contributed by atoms with Gasteiger partial charge >= 0.3 is 0 Å². The number of benzene rings is 2. The van der Waals surface area contributed by atoms with E-state index in [4.69, 9.17) is 10.5 Å². The Morgan fingerprint density at radius 1 is 1.07 bits per heavy atom. The summed E-state index contributed by atoms with van der Waals surface area (Å²) in [7, 11) is 0. The zero-order valence-corrected chi connectivity index (χ0v) is 16.8. The number of aromatic nitrogens is 1. The van der Waals surface area contributed by atoms with Crippen molar-refractivity contribution in [2.24, 2.45) is 11.1 Å². The molecule has 0 fully saturated rings. The number of unbranched alkanes of at least 4 members (excludes halogenated alkanes) is 1. The molecule has 2 N–H and O–H groups in total. The number of fused-ring (bicyclic) bond motifs is 2. The largest absolute Gasteiger partial charge is 0.491 e. The van der Waals surface area contributed by atoms with E-state index < -0.39 is 0 Å². The van der Waals surface area contributed by atoms with Crippen LogP contribution in [0.15, 0.2) is 41.2 Å². The molecule has 0 saturated heterocycles. The second-order valence-corrected chi connectivity index (χ2v) is 8.38. The van der Waals surface area contributed by atoms with Crippen LogP contribution in [0.5, 0.6) is 5.75 Å². The van der Waals surface area contributed by atoms with Crippen LogP contribution in [0.3, 0.4) is 0 Å². The van der Waals surface area contributed by atoms with Crippen LogP contribution in [-0.2, 0) is 13.1 Å². The third-order valence-corrected chi connectivity index (χ3v) is 4.76. The second-order valence-electron chi connectivity index (χ2n) is 8.38. The van der Waals surface area contributed by atoms with Crippen molar-refractivity contribution in [2.75, 3.05) is 6.61 Å². The van der Waals surface area contributed by atoms with Crippen molar-refractivity contribution in [1.29, 1.82) is 0 Å². The standard InChI is InChI=1S/C23H30N2O2/c1-5-6-11-27-21-18-12-16-9-7-8-10-17(16)13-19(18)22(26)25(20(21)14-24)15-23(2,3)4/h7-10,12-13H,5-6,11,14-15,24H2,1-4H3. The number of nitrogens with two attached hydrogens (primary N) is 1. The Morgan fingerprint density at radius 3 is 2.26 bits per heavy atom. The van der Waals surface area contributed by atoms with E-state index in [2.05, 4.69) is 39.8 Å². The summed E-state index contributed by atoms with van der Waals surface area (Å²) in [6, 6.07) is 12.2. The molecule has 3 aromatic rings. The van der Waals surface area contributed by atoms with Gasteiger partial charge in [-0.15, -0.1) is 0 Å². The normalized spacial score (nSPS) is 12.0. The van der Waals surface area contributed by atoms with E-state index >= 15 is 0 Å². The Morgan fingerprint density at radius 2 is 1.70 bits per heavy atom. The first-order chi connectivity index (χ1) is 12.9. The molecule has 0 aliphatic heterocycles. The molecule has 1 aromatic heterocycles. The zero-order valence-electron chi connectivity index (χ0n) is 16.8. The summed E-state index contributed by atoms with van der Waals surface area (Å²) in [4.78, 5) is 13.4. The minimum Gasteiger partial charge on any atom is -0.491 e. The highest BCUT2D eigenvalue weighted by molar-refractivity contribution is 6.00. The van der Waals surface area contributed by atoms with Gasteiger partial charge in [0.15, 0.2) is 0 Å². The molecule has 27 heavy (non-hydrogen) atoms. The first-order valence-electron chi connectivity index (χ1n) is 9.76. The van der Waals surface area contributed by atoms with E-state index in [0.29, 0.717) is 18.5 Å². The minimum absolute atomic E-state index is 0.00831. The number of hydrogen-bond acceptors (Lipinski definition) is 3. The smallest absolute Gasteiger partial charge is 0.258 e. The first-order valence-corrected chi connectivity index (χ1v) is 9.76. The lowest BCUT2D eigenvalue weighted by molar-refractivity contribution is 0.295. The molecule has 0 unspecified atom stereocenters. The maximum absolute atomic E-state index is 13.4. The summed E-state index contributed by atoms with van der Waals surface area (Å²) in [5.74, 6) is 0.760. The summed E-state index contributed by atoms with van der Waals surface area (Å²) < 4.78 is 8.02. The van der Waals surface area contributed by atoms with Crippen LogP contribution in [0.25, 0.3) is 21.5 Å². The van der Waals surface area contributed by atoms with Crippen molar-refractivity contribution >= 4 is 21.5 Å². The van der Waals surface area contributed by atoms with Gasteiger partial charge in [-0.2, -0.15) is 0 Å². The van der Waals surface area contributed by atoms with Gasteiger partial charge in [0.25, 0.3) is 5.56 Å². The second kappa shape index (κ2) is 7.73. The molecule has 4 heteroatoms. The van der Waals surface area contributed by atoms with Crippen LogP contribution in [-0.4, -0.2) is 11.2 Å². The number of pyridine rings is 1. The van der Waals surface area contributed by atoms with Gasteiger partial charge in [0, 0.05) is 18.5 Å². The van der Waals surface area contributed by atoms with Gasteiger partial charge in [-0.1, -0.05) is 58.4 Å². The quantitative estimate of drug-likeness (QED) is 0.502. The van der Waals surface area contributed by atoms with E-state index in [9.17, 15) is 4.79 Å². The predicted octanol–water partition coefficient (Wildman–Crippen LogP) is 4.84. The fraction of sp³-hybridized carbons (Fsp3) is 0.435. The Bertz CT molecular complexity index is 1010. The van der Waals surface area contributed by atoms with Crippen LogP contribution in [0.2, 0.25) is 0 Å². The summed E-state index contributed by atoms with van der Waals surface area (Å²) in [6.07, 6.45) is 2.03. The van der Waals surface area contributed by atoms with E-state index in [-0.39, 0.29) is 17.5 Å². The molecule has 2 aromatic carbocycles. The molecule has 0 radical (unpaired) electrons. The average molecular weight is 367 g/mol. The summed E-state index contributed by atoms with van der Waals surface area (Å²) in [5, 5.41) is 3.72. The Labute approximate surface area is 160 Å². The first kappa shape index (κ1) is 19.4. The predicted molar refractivity (Wildman–Crippen MR) is 113 cm³/mol. The molecule has 0 spiro atoms. The van der Waals surface area contributed by atoms with Gasteiger partial charge in [-0.05, 0) is 34.7 Å². The Hall–Kier alpha value is -2.33. The fourth-order valence-electron chi connectivity index (χ4n) is 3.48. The van der Waals surface area contributed by atoms with Crippen molar-refractivity contribution in [3.8, 4) is 5.75 Å². The highest BCUT2D eigenvalue weighted by atomic mass is 16.5. The average Bonchev–Trinajstić information content (AvgIpc) is 2.63. The lowest BCUT2D eigenvalue weighted by Crippen LogP contribution is -2.31. The molecule has 3 rings (SSSR count). The van der Waals surface area contributed by atoms with Crippen molar-refractivity contribution in [3.63, 3.8) is 0 Å². The summed E-state index contributed by atoms with van der Waals surface area (Å²) in [5.41, 5.74) is 6.86. The molecular formula is C23H30N2O2. The molecule has 144 valence electrons. The lowest BCUT2D eigenvalue weighted by atomic mass is 9.95. The molecule has 0 aliphatic carbocycles. The van der Waals surface area contributed by atoms with Crippen LogP contribution in [0.1, 0.15) is 46.2 Å². The monoisotopic (exact) mass is 366 g/mol. The summed E-state index contributed by atoms with van der Waals surface area (Å²) >= 11 is 0. The molecule has 1 heterocycles. The molecule has 0 atom stereocenters. The van der Waals surface area contributed by atoms with Crippen LogP contribution in [0, 0.1) is 5.41 Å². The van der Waals surface area contributed by atoms with Gasteiger partial charge in [-0.25, -0.2) is 0 Å². The van der Waals surface area contributed by atoms with Gasteiger partial charge in [0.05, 0.1) is 17.7 Å². The number of rotatable bonds is 6. The zero-order chi connectivity index (χ0) is 19.6. The molecule has 0 aliphatic rings. The Balaban J connectivity index is 2.35. The van der Waals surface area contributed by atoms with Crippen molar-refractivity contribution in [1.82, 2.24) is 4.57 Å². The van der Waals surface area contributed by atoms with E-state index in [1.807, 2.05) is 28.8 Å². The maximum atomic E-state index is 13.4. The van der Waals surface area contributed by atoms with Gasteiger partial charge < -0.3 is 15.0 Å². The highest BCUT2D eigenvalue weighted by Gasteiger charge is 2.21. The maximum Gasteiger partial charge on any atom is 0.258 e. The molecule has 0 saturated carbocycles. The molecule has 0 amide bonds. The van der Waals surface area contributed by atoms with Crippen molar-refractivity contribution in [3.05, 3.63) is 52.4 Å². The third kappa shape index (κ3) is 4.01. The summed E-state index contributed by atoms with van der Waals surface area (Å²) in [6.45, 7) is 10.0. The van der Waals surface area contributed by atoms with Crippen LogP contribution in [0.4, 0.5) is 0 Å². The molecule has 4 nitrogen and oxygen atoms in total. The van der Waals surface area contributed by atoms with E-state index in [1.165, 1.54) is 0 Å². The molecular weight excluding hydrogens is 336 g/mol. The number of nitrogens with zero attached hydrogens (tertiary/aromatic N) is 1. The van der Waals surface area contributed by atoms with Gasteiger partial charge in [0.1, 0.15) is 5.75 Å². The van der Waals surface area contributed by atoms with Gasteiger partial charge in [-0.3, -0.25) is 4.79 Å². The highest BCUT2D eigenvalue weighted by Crippen LogP contribution is 2.32.